The quantitative estimate of drug-likeness (QED) is 0.226. The summed E-state index contributed by atoms with van der Waals surface area (Å²) in [6.45, 7) is 0. The number of thiocarbonyl (C=S) groups is 1. The largest absolute Gasteiger partial charge is 0.693 e. The van der Waals surface area contributed by atoms with Crippen molar-refractivity contribution in [3.63, 3.8) is 0 Å². The maximum atomic E-state index is 11.4. The molecule has 2 radical (unpaired) electrons. The molecule has 2 aromatic carbocycles. The van der Waals surface area contributed by atoms with Gasteiger partial charge in [-0.15, -0.1) is 0 Å². The normalized spacial score (nSPS) is 9.09. The molecule has 0 aliphatic heterocycles. The number of nitrogens with zero attached hydrogens (tertiary/aromatic N) is 3. The zero-order valence-electron chi connectivity index (χ0n) is 17.2. The van der Waals surface area contributed by atoms with Gasteiger partial charge in [-0.2, -0.15) is 0 Å². The van der Waals surface area contributed by atoms with Gasteiger partial charge >= 0.3 is 11.4 Å². The van der Waals surface area contributed by atoms with Gasteiger partial charge < -0.3 is 25.5 Å². The predicted molar refractivity (Wildman–Crippen MR) is 125 cm³/mol. The molecule has 2 heterocycles. The molecule has 0 aliphatic rings. The van der Waals surface area contributed by atoms with Gasteiger partial charge in [-0.1, -0.05) is 43.8 Å². The molecule has 0 saturated carbocycles. The molecule has 0 spiro atoms. The third-order valence-corrected chi connectivity index (χ3v) is 3.67. The Balaban J connectivity index is -0.000000427. The van der Waals surface area contributed by atoms with Gasteiger partial charge in [-0.25, -0.2) is 14.6 Å². The Morgan fingerprint density at radius 1 is 0.909 bits per heavy atom. The van der Waals surface area contributed by atoms with E-state index in [1.807, 2.05) is 18.2 Å². The fraction of sp³-hybridized carbons (Fsp3) is 0.150. The minimum absolute atomic E-state index is 0. The van der Waals surface area contributed by atoms with E-state index in [9.17, 15) is 14.4 Å². The summed E-state index contributed by atoms with van der Waals surface area (Å²) in [4.78, 5) is 49.3. The van der Waals surface area contributed by atoms with E-state index >= 15 is 0 Å². The number of rotatable bonds is 0. The van der Waals surface area contributed by atoms with Crippen molar-refractivity contribution in [1.82, 2.24) is 15.0 Å². The summed E-state index contributed by atoms with van der Waals surface area (Å²) in [7, 11) is 3.18. The molecular weight excluding hydrogens is 598 g/mol. The smallest absolute Gasteiger partial charge is 0.419 e. The number of hydrogen-bond acceptors (Lipinski definition) is 7. The molecule has 2 aromatic heterocycles. The molecule has 0 bridgehead atoms. The zero-order valence-corrected chi connectivity index (χ0v) is 23.7. The van der Waals surface area contributed by atoms with E-state index in [0.717, 1.165) is 5.52 Å². The fourth-order valence-electron chi connectivity index (χ4n) is 2.23. The van der Waals surface area contributed by atoms with Crippen LogP contribution in [-0.4, -0.2) is 29.2 Å². The molecule has 4 rings (SSSR count). The van der Waals surface area contributed by atoms with Crippen LogP contribution in [0.5, 0.6) is 0 Å². The molecule has 0 fully saturated rings. The Morgan fingerprint density at radius 2 is 1.39 bits per heavy atom. The first-order chi connectivity index (χ1) is 14.0. The molecule has 0 amide bonds. The fourth-order valence-corrected chi connectivity index (χ4v) is 2.23. The second-order valence-corrected chi connectivity index (χ2v) is 5.48. The van der Waals surface area contributed by atoms with E-state index in [1.54, 1.807) is 44.4 Å². The van der Waals surface area contributed by atoms with Crippen LogP contribution < -0.4 is 27.5 Å². The summed E-state index contributed by atoms with van der Waals surface area (Å²) in [5.41, 5.74) is 0.787. The van der Waals surface area contributed by atoms with Gasteiger partial charge in [0, 0.05) is 83.5 Å². The van der Waals surface area contributed by atoms with Gasteiger partial charge in [0.15, 0.2) is 0 Å². The van der Waals surface area contributed by atoms with Crippen molar-refractivity contribution >= 4 is 39.2 Å². The predicted octanol–water partition coefficient (Wildman–Crippen LogP) is 2.56. The SMILES string of the molecule is C.CN=C=S.CN=c1[n-]c(=O)c2ccccc2[nH]1.O=c1[nH]c2ccccc2c(=O)o1.[NH2-].[Y].[Y]. The van der Waals surface area contributed by atoms with Crippen molar-refractivity contribution < 1.29 is 69.8 Å². The molecule has 4 N–H and O–H groups in total. The Kier molecular flexibility index (Phi) is 20.3. The van der Waals surface area contributed by atoms with E-state index in [4.69, 9.17) is 0 Å². The monoisotopic (exact) mass is 620 g/mol. The van der Waals surface area contributed by atoms with E-state index in [0.29, 0.717) is 21.9 Å². The van der Waals surface area contributed by atoms with E-state index in [2.05, 4.69) is 46.7 Å². The average Bonchev–Trinajstić information content (AvgIpc) is 2.74. The molecule has 170 valence electrons. The first-order valence-corrected chi connectivity index (χ1v) is 8.58. The van der Waals surface area contributed by atoms with Crippen molar-refractivity contribution in [2.24, 2.45) is 9.98 Å². The summed E-state index contributed by atoms with van der Waals surface area (Å²) < 4.78 is 4.32. The van der Waals surface area contributed by atoms with Crippen molar-refractivity contribution in [2.75, 3.05) is 14.1 Å². The summed E-state index contributed by atoms with van der Waals surface area (Å²) in [5.74, 6) is -0.723. The molecule has 0 atom stereocenters. The number of H-pyrrole nitrogens is 2. The first kappa shape index (κ1) is 35.9. The number of aromatic nitrogens is 3. The number of nitrogens with two attached hydrogens (primary N) is 1. The van der Waals surface area contributed by atoms with Crippen LogP contribution in [0.1, 0.15) is 7.43 Å². The summed E-state index contributed by atoms with van der Waals surface area (Å²) in [6, 6.07) is 13.9. The van der Waals surface area contributed by atoms with E-state index < -0.39 is 11.4 Å². The maximum absolute atomic E-state index is 11.4. The number of fused-ring (bicyclic) bond motifs is 2. The Bertz CT molecular complexity index is 1420. The van der Waals surface area contributed by atoms with Crippen LogP contribution in [0.25, 0.3) is 28.0 Å². The Labute approximate surface area is 244 Å². The van der Waals surface area contributed by atoms with Crippen molar-refractivity contribution in [1.29, 1.82) is 0 Å². The maximum Gasteiger partial charge on any atom is 0.419 e. The molecule has 13 heteroatoms. The van der Waals surface area contributed by atoms with Crippen LogP contribution in [0.4, 0.5) is 0 Å². The minimum atomic E-state index is -0.723. The summed E-state index contributed by atoms with van der Waals surface area (Å²) >= 11 is 4.14. The van der Waals surface area contributed by atoms with Gasteiger partial charge in [0.2, 0.25) is 5.56 Å². The molecule has 0 aliphatic carbocycles. The number of aromatic amines is 2. The standard InChI is InChI=1S/C9H9N3O.C8H5NO3.C2H3NS.CH4.H2N.2Y/c1-10-9-11-7-5-3-2-4-6(7)8(13)12-9;10-7-5-3-1-2-4-6(5)9-8(11)12-7;1-3-2-4;;;;/h2-5H,1H3,(H2,10,11,12,13);1-4H,(H,9,11);1H3;1H4;1H2;;/q;;;;-1;;/p-1. The Morgan fingerprint density at radius 3 is 1.91 bits per heavy atom. The molecule has 10 nitrogen and oxygen atoms in total. The third-order valence-electron chi connectivity index (χ3n) is 3.48. The van der Waals surface area contributed by atoms with Gasteiger partial charge in [0.1, 0.15) is 0 Å². The van der Waals surface area contributed by atoms with Crippen molar-refractivity contribution in [3.8, 4) is 0 Å². The zero-order chi connectivity index (χ0) is 21.2. The van der Waals surface area contributed by atoms with Crippen LogP contribution >= 0.6 is 12.2 Å². The number of benzene rings is 2. The van der Waals surface area contributed by atoms with Crippen LogP contribution in [0.3, 0.4) is 0 Å². The van der Waals surface area contributed by atoms with Gasteiger partial charge in [0.05, 0.1) is 16.1 Å². The molecule has 0 saturated heterocycles. The molecule has 33 heavy (non-hydrogen) atoms. The summed E-state index contributed by atoms with van der Waals surface area (Å²) in [5, 5.41) is 3.12. The second-order valence-electron chi connectivity index (χ2n) is 5.30. The van der Waals surface area contributed by atoms with Gasteiger partial charge in [0.25, 0.3) is 0 Å². The van der Waals surface area contributed by atoms with Crippen LogP contribution in [-0.2, 0) is 65.4 Å². The van der Waals surface area contributed by atoms with Crippen LogP contribution in [0, 0.1) is 0 Å². The number of aliphatic imine (C=N–C) groups is 1. The van der Waals surface area contributed by atoms with Gasteiger partial charge in [-0.05, 0) is 36.9 Å². The first-order valence-electron chi connectivity index (χ1n) is 8.17. The van der Waals surface area contributed by atoms with Gasteiger partial charge in [-0.3, -0.25) is 9.78 Å². The topological polar surface area (TPSA) is 168 Å². The van der Waals surface area contributed by atoms with Crippen LogP contribution in [0.2, 0.25) is 0 Å². The van der Waals surface area contributed by atoms with Crippen LogP contribution in [0.15, 0.2) is 77.3 Å². The van der Waals surface area contributed by atoms with E-state index in [-0.39, 0.29) is 84.6 Å². The molecule has 0 unspecified atom stereocenters. The molecular formula is C20H22N6O4SY2-2. The average molecular weight is 620 g/mol. The van der Waals surface area contributed by atoms with Crippen molar-refractivity contribution in [2.45, 2.75) is 7.43 Å². The number of para-hydroxylation sites is 2. The minimum Gasteiger partial charge on any atom is -0.693 e. The Hall–Kier alpha value is -1.71. The second kappa shape index (κ2) is 18.7. The van der Waals surface area contributed by atoms with Crippen molar-refractivity contribution in [3.05, 3.63) is 91.6 Å². The van der Waals surface area contributed by atoms with E-state index in [1.165, 1.54) is 0 Å². The summed E-state index contributed by atoms with van der Waals surface area (Å²) in [6.07, 6.45) is 0. The third kappa shape index (κ3) is 10.8. The molecule has 4 aromatic rings. The number of hydrogen-bond donors (Lipinski definition) is 2. The number of nitrogens with one attached hydrogen (secondary N) is 2. The number of isothiocyanates is 1.